The van der Waals surface area contributed by atoms with Crippen LogP contribution in [-0.4, -0.2) is 68.3 Å². The van der Waals surface area contributed by atoms with Crippen LogP contribution in [0.3, 0.4) is 0 Å². The number of hydrogen-bond donors (Lipinski definition) is 1. The Morgan fingerprint density at radius 3 is 2.45 bits per heavy atom. The summed E-state index contributed by atoms with van der Waals surface area (Å²) in [6.07, 6.45) is 0.381. The number of ether oxygens (including phenoxy) is 1. The van der Waals surface area contributed by atoms with Gasteiger partial charge in [-0.3, -0.25) is 14.4 Å². The van der Waals surface area contributed by atoms with Crippen molar-refractivity contribution in [2.24, 2.45) is 5.92 Å². The summed E-state index contributed by atoms with van der Waals surface area (Å²) in [5.74, 6) is -1.56. The van der Waals surface area contributed by atoms with Crippen molar-refractivity contribution in [1.29, 1.82) is 0 Å². The second kappa shape index (κ2) is 10.1. The summed E-state index contributed by atoms with van der Waals surface area (Å²) >= 11 is 5.76. The number of nitrogens with zero attached hydrogens (tertiary/aromatic N) is 1. The zero-order valence-electron chi connectivity index (χ0n) is 16.4. The minimum absolute atomic E-state index is 0.0516. The Morgan fingerprint density at radius 2 is 1.90 bits per heavy atom. The van der Waals surface area contributed by atoms with E-state index >= 15 is 0 Å². The van der Waals surface area contributed by atoms with Crippen LogP contribution in [-0.2, 0) is 24.2 Å². The van der Waals surface area contributed by atoms with Crippen molar-refractivity contribution in [2.75, 3.05) is 31.2 Å². The van der Waals surface area contributed by atoms with Crippen molar-refractivity contribution in [3.05, 3.63) is 34.9 Å². The number of rotatable bonds is 8. The summed E-state index contributed by atoms with van der Waals surface area (Å²) in [5.41, 5.74) is 0.337. The fraction of sp³-hybridized carbons (Fsp3) is 0.526. The molecule has 160 valence electrons. The lowest BCUT2D eigenvalue weighted by atomic mass is 10.1. The quantitative estimate of drug-likeness (QED) is 0.605. The summed E-state index contributed by atoms with van der Waals surface area (Å²) in [4.78, 5) is 37.9. The highest BCUT2D eigenvalue weighted by Gasteiger charge is 2.35. The van der Waals surface area contributed by atoms with E-state index in [-0.39, 0.29) is 17.4 Å². The molecule has 1 atom stereocenters. The molecule has 29 heavy (non-hydrogen) atoms. The molecule has 0 saturated carbocycles. The predicted octanol–water partition coefficient (Wildman–Crippen LogP) is 1.28. The van der Waals surface area contributed by atoms with Crippen molar-refractivity contribution in [3.8, 4) is 0 Å². The third-order valence-electron chi connectivity index (χ3n) is 4.39. The number of benzene rings is 1. The molecule has 0 aliphatic carbocycles. The molecular formula is C19H25ClN2O6S. The number of amides is 2. The van der Waals surface area contributed by atoms with E-state index in [0.29, 0.717) is 23.6 Å². The molecule has 1 aromatic carbocycles. The maximum atomic E-state index is 12.5. The molecule has 0 spiro atoms. The molecule has 1 aliphatic heterocycles. The fourth-order valence-electron chi connectivity index (χ4n) is 3.00. The highest BCUT2D eigenvalue weighted by molar-refractivity contribution is 7.91. The van der Waals surface area contributed by atoms with E-state index in [2.05, 4.69) is 5.32 Å². The van der Waals surface area contributed by atoms with Gasteiger partial charge in [0, 0.05) is 23.2 Å². The zero-order chi connectivity index (χ0) is 21.6. The molecule has 1 saturated heterocycles. The van der Waals surface area contributed by atoms with Crippen LogP contribution in [0.2, 0.25) is 5.02 Å². The van der Waals surface area contributed by atoms with Gasteiger partial charge in [-0.25, -0.2) is 8.42 Å². The molecule has 0 bridgehead atoms. The molecule has 0 aromatic heterocycles. The monoisotopic (exact) mass is 444 g/mol. The largest absolute Gasteiger partial charge is 0.454 e. The average Bonchev–Trinajstić information content (AvgIpc) is 3.02. The van der Waals surface area contributed by atoms with Crippen LogP contribution >= 0.6 is 11.6 Å². The summed E-state index contributed by atoms with van der Waals surface area (Å²) in [6, 6.07) is 5.75. The number of hydrogen-bond acceptors (Lipinski definition) is 6. The first-order valence-corrected chi connectivity index (χ1v) is 11.5. The van der Waals surface area contributed by atoms with Crippen LogP contribution in [0.15, 0.2) is 24.3 Å². The molecule has 1 aliphatic rings. The van der Waals surface area contributed by atoms with Crippen LogP contribution in [0.1, 0.15) is 30.6 Å². The standard InChI is InChI=1S/C19H25ClN2O6S/c1-13(2)10-22(16-7-8-29(26,27)12-16)17(23)11-28-18(24)9-21-19(25)14-3-5-15(20)6-4-14/h3-6,13,16H,7-12H2,1-2H3,(H,21,25)/t16-/m0/s1. The van der Waals surface area contributed by atoms with Crippen molar-refractivity contribution < 1.29 is 27.5 Å². The number of nitrogens with one attached hydrogen (secondary N) is 1. The minimum atomic E-state index is -3.15. The lowest BCUT2D eigenvalue weighted by molar-refractivity contribution is -0.152. The van der Waals surface area contributed by atoms with E-state index in [4.69, 9.17) is 16.3 Å². The van der Waals surface area contributed by atoms with Crippen LogP contribution < -0.4 is 5.32 Å². The normalized spacial score (nSPS) is 17.7. The summed E-state index contributed by atoms with van der Waals surface area (Å²) in [6.45, 7) is 3.32. The fourth-order valence-corrected chi connectivity index (χ4v) is 4.86. The van der Waals surface area contributed by atoms with E-state index in [1.807, 2.05) is 13.8 Å². The molecule has 1 aromatic rings. The van der Waals surface area contributed by atoms with Gasteiger partial charge >= 0.3 is 5.97 Å². The third kappa shape index (κ3) is 7.32. The Labute approximate surface area is 175 Å². The smallest absolute Gasteiger partial charge is 0.325 e. The van der Waals surface area contributed by atoms with E-state index in [1.165, 1.54) is 17.0 Å². The van der Waals surface area contributed by atoms with Crippen molar-refractivity contribution >= 4 is 39.2 Å². The maximum Gasteiger partial charge on any atom is 0.325 e. The number of carbonyl (C=O) groups excluding carboxylic acids is 3. The van der Waals surface area contributed by atoms with Gasteiger partial charge in [-0.1, -0.05) is 25.4 Å². The third-order valence-corrected chi connectivity index (χ3v) is 6.39. The van der Waals surface area contributed by atoms with Gasteiger partial charge < -0.3 is 15.0 Å². The number of sulfone groups is 1. The van der Waals surface area contributed by atoms with Crippen LogP contribution in [0.25, 0.3) is 0 Å². The zero-order valence-corrected chi connectivity index (χ0v) is 18.0. The first kappa shape index (κ1) is 23.2. The lowest BCUT2D eigenvalue weighted by Crippen LogP contribution is -2.45. The van der Waals surface area contributed by atoms with Crippen molar-refractivity contribution in [2.45, 2.75) is 26.3 Å². The minimum Gasteiger partial charge on any atom is -0.454 e. The molecule has 0 radical (unpaired) electrons. The number of carbonyl (C=O) groups is 3. The summed E-state index contributed by atoms with van der Waals surface area (Å²) in [7, 11) is -3.15. The summed E-state index contributed by atoms with van der Waals surface area (Å²) < 4.78 is 28.4. The van der Waals surface area contributed by atoms with Gasteiger partial charge in [-0.15, -0.1) is 0 Å². The molecule has 2 rings (SSSR count). The van der Waals surface area contributed by atoms with E-state index in [0.717, 1.165) is 0 Å². The first-order valence-electron chi connectivity index (χ1n) is 9.26. The van der Waals surface area contributed by atoms with Crippen molar-refractivity contribution in [1.82, 2.24) is 10.2 Å². The summed E-state index contributed by atoms with van der Waals surface area (Å²) in [5, 5.41) is 2.90. The van der Waals surface area contributed by atoms with E-state index in [9.17, 15) is 22.8 Å². The second-order valence-corrected chi connectivity index (χ2v) is 10.0. The number of esters is 1. The van der Waals surface area contributed by atoms with Gasteiger partial charge in [0.1, 0.15) is 6.54 Å². The maximum absolute atomic E-state index is 12.5. The highest BCUT2D eigenvalue weighted by Crippen LogP contribution is 2.19. The Kier molecular flexibility index (Phi) is 8.04. The highest BCUT2D eigenvalue weighted by atomic mass is 35.5. The molecule has 8 nitrogen and oxygen atoms in total. The van der Waals surface area contributed by atoms with Gasteiger partial charge in [0.25, 0.3) is 11.8 Å². The second-order valence-electron chi connectivity index (χ2n) is 7.35. The van der Waals surface area contributed by atoms with Gasteiger partial charge in [0.2, 0.25) is 0 Å². The SMILES string of the molecule is CC(C)CN(C(=O)COC(=O)CNC(=O)c1ccc(Cl)cc1)[C@H]1CCS(=O)(=O)C1. The molecule has 1 heterocycles. The van der Waals surface area contributed by atoms with E-state index in [1.54, 1.807) is 12.1 Å². The van der Waals surface area contributed by atoms with Gasteiger partial charge in [-0.05, 0) is 36.6 Å². The molecular weight excluding hydrogens is 420 g/mol. The molecule has 1 N–H and O–H groups in total. The Balaban J connectivity index is 1.84. The topological polar surface area (TPSA) is 110 Å². The Bertz CT molecular complexity index is 854. The molecule has 2 amide bonds. The van der Waals surface area contributed by atoms with Crippen LogP contribution in [0.4, 0.5) is 0 Å². The molecule has 10 heteroatoms. The first-order chi connectivity index (χ1) is 13.6. The van der Waals surface area contributed by atoms with Crippen molar-refractivity contribution in [3.63, 3.8) is 0 Å². The lowest BCUT2D eigenvalue weighted by Gasteiger charge is -2.29. The molecule has 0 unspecified atom stereocenters. The predicted molar refractivity (Wildman–Crippen MR) is 108 cm³/mol. The van der Waals surface area contributed by atoms with Crippen LogP contribution in [0.5, 0.6) is 0 Å². The molecule has 1 fully saturated rings. The average molecular weight is 445 g/mol. The van der Waals surface area contributed by atoms with Gasteiger partial charge in [0.15, 0.2) is 16.4 Å². The van der Waals surface area contributed by atoms with E-state index < -0.39 is 46.8 Å². The Hall–Kier alpha value is -2.13. The Morgan fingerprint density at radius 1 is 1.24 bits per heavy atom. The van der Waals surface area contributed by atoms with Gasteiger partial charge in [0.05, 0.1) is 11.5 Å². The van der Waals surface area contributed by atoms with Gasteiger partial charge in [-0.2, -0.15) is 0 Å². The number of halogens is 1. The van der Waals surface area contributed by atoms with Crippen LogP contribution in [0, 0.1) is 5.92 Å².